The van der Waals surface area contributed by atoms with Crippen LogP contribution in [0.3, 0.4) is 0 Å². The summed E-state index contributed by atoms with van der Waals surface area (Å²) in [6.07, 6.45) is 3.30. The molecule has 0 heterocycles. The molecule has 0 spiro atoms. The SMILES string of the molecule is [Sn][O]C1CC1. The van der Waals surface area contributed by atoms with E-state index in [1.807, 2.05) is 0 Å². The van der Waals surface area contributed by atoms with Crippen molar-refractivity contribution in [3.63, 3.8) is 0 Å². The molecule has 0 amide bonds. The number of hydrogen-bond acceptors (Lipinski definition) is 1. The maximum atomic E-state index is 4.95. The van der Waals surface area contributed by atoms with E-state index in [1.165, 1.54) is 35.8 Å². The van der Waals surface area contributed by atoms with Gasteiger partial charge in [0, 0.05) is 0 Å². The van der Waals surface area contributed by atoms with E-state index in [9.17, 15) is 0 Å². The molecule has 0 aromatic rings. The van der Waals surface area contributed by atoms with Crippen molar-refractivity contribution in [3.8, 4) is 0 Å². The first kappa shape index (κ1) is 3.93. The molecule has 5 heavy (non-hydrogen) atoms. The van der Waals surface area contributed by atoms with Gasteiger partial charge in [0.2, 0.25) is 0 Å². The number of hydrogen-bond donors (Lipinski definition) is 0. The molecule has 0 aromatic carbocycles. The zero-order valence-corrected chi connectivity index (χ0v) is 5.75. The quantitative estimate of drug-likeness (QED) is 0.520. The van der Waals surface area contributed by atoms with Gasteiger partial charge in [-0.05, 0) is 0 Å². The van der Waals surface area contributed by atoms with E-state index in [2.05, 4.69) is 0 Å². The first-order valence-corrected chi connectivity index (χ1v) is 2.92. The van der Waals surface area contributed by atoms with E-state index < -0.39 is 0 Å². The minimum absolute atomic E-state index is 0.674. The molecule has 0 unspecified atom stereocenters. The zero-order chi connectivity index (χ0) is 3.70. The summed E-state index contributed by atoms with van der Waals surface area (Å²) in [5, 5.41) is 0. The Balaban J connectivity index is 2.00. The van der Waals surface area contributed by atoms with Gasteiger partial charge in [0.15, 0.2) is 0 Å². The molecular formula is C3H5OSn. The first-order chi connectivity index (χ1) is 2.43. The molecule has 0 aromatic heterocycles. The summed E-state index contributed by atoms with van der Waals surface area (Å²) in [5.74, 6) is 0. The molecule has 27 valence electrons. The van der Waals surface area contributed by atoms with Crippen molar-refractivity contribution in [3.05, 3.63) is 0 Å². The van der Waals surface area contributed by atoms with Gasteiger partial charge in [-0.15, -0.1) is 0 Å². The van der Waals surface area contributed by atoms with Gasteiger partial charge < -0.3 is 0 Å². The van der Waals surface area contributed by atoms with Crippen molar-refractivity contribution < 1.29 is 3.07 Å². The van der Waals surface area contributed by atoms with Gasteiger partial charge in [0.05, 0.1) is 0 Å². The molecule has 0 aliphatic heterocycles. The summed E-state index contributed by atoms with van der Waals surface area (Å²) in [7, 11) is 0. The van der Waals surface area contributed by atoms with Crippen molar-refractivity contribution in [2.24, 2.45) is 0 Å². The fourth-order valence-corrected chi connectivity index (χ4v) is 0.859. The fourth-order valence-electron chi connectivity index (χ4n) is 0.186. The van der Waals surface area contributed by atoms with Crippen LogP contribution in [0.15, 0.2) is 0 Å². The maximum absolute atomic E-state index is 4.95. The van der Waals surface area contributed by atoms with E-state index in [-0.39, 0.29) is 0 Å². The first-order valence-electron chi connectivity index (χ1n) is 1.76. The van der Waals surface area contributed by atoms with Crippen LogP contribution in [0.1, 0.15) is 12.8 Å². The molecule has 1 rings (SSSR count). The average molecular weight is 176 g/mol. The predicted molar refractivity (Wildman–Crippen MR) is 19.9 cm³/mol. The predicted octanol–water partition coefficient (Wildman–Crippen LogP) is 0.249. The second-order valence-corrected chi connectivity index (χ2v) is 1.99. The Morgan fingerprint density at radius 1 is 1.60 bits per heavy atom. The van der Waals surface area contributed by atoms with Crippen LogP contribution < -0.4 is 0 Å². The summed E-state index contributed by atoms with van der Waals surface area (Å²) in [4.78, 5) is 0. The van der Waals surface area contributed by atoms with Crippen molar-refractivity contribution in [1.82, 2.24) is 0 Å². The van der Waals surface area contributed by atoms with Crippen molar-refractivity contribution >= 4 is 22.9 Å². The molecular weight excluding hydrogens is 171 g/mol. The molecule has 1 fully saturated rings. The van der Waals surface area contributed by atoms with Crippen LogP contribution >= 0.6 is 0 Å². The number of rotatable bonds is 1. The van der Waals surface area contributed by atoms with Crippen LogP contribution in [0.4, 0.5) is 0 Å². The van der Waals surface area contributed by atoms with Crippen molar-refractivity contribution in [2.45, 2.75) is 18.9 Å². The third-order valence-corrected chi connectivity index (χ3v) is 1.64. The third-order valence-electron chi connectivity index (χ3n) is 0.691. The summed E-state index contributed by atoms with van der Waals surface area (Å²) in [6, 6.07) is 0. The van der Waals surface area contributed by atoms with Crippen molar-refractivity contribution in [1.29, 1.82) is 0 Å². The summed E-state index contributed by atoms with van der Waals surface area (Å²) >= 11 is 1.23. The molecule has 0 N–H and O–H groups in total. The van der Waals surface area contributed by atoms with Gasteiger partial charge in [0.25, 0.3) is 0 Å². The molecule has 2 heteroatoms. The van der Waals surface area contributed by atoms with Gasteiger partial charge in [-0.25, -0.2) is 0 Å². The van der Waals surface area contributed by atoms with Crippen molar-refractivity contribution in [2.75, 3.05) is 0 Å². The van der Waals surface area contributed by atoms with Gasteiger partial charge >= 0.3 is 45.0 Å². The molecule has 1 saturated carbocycles. The topological polar surface area (TPSA) is 9.23 Å². The standard InChI is InChI=1S/C3H5O.Sn/c4-3-1-2-3;/h3H,1-2H2;/q-1;+1. The Hall–Kier alpha value is 0.759. The van der Waals surface area contributed by atoms with Crippen LogP contribution in [-0.2, 0) is 3.07 Å². The molecule has 0 bridgehead atoms. The molecule has 1 aliphatic rings. The van der Waals surface area contributed by atoms with Crippen LogP contribution in [0.25, 0.3) is 0 Å². The zero-order valence-electron chi connectivity index (χ0n) is 2.90. The van der Waals surface area contributed by atoms with Crippen LogP contribution in [0, 0.1) is 0 Å². The third kappa shape index (κ3) is 1.09. The summed E-state index contributed by atoms with van der Waals surface area (Å²) in [5.41, 5.74) is 0. The van der Waals surface area contributed by atoms with E-state index >= 15 is 0 Å². The average Bonchev–Trinajstić information content (AvgIpc) is 2.12. The molecule has 1 aliphatic carbocycles. The Bertz CT molecular complexity index is 33.9. The van der Waals surface area contributed by atoms with Gasteiger partial charge in [0.1, 0.15) is 0 Å². The summed E-state index contributed by atoms with van der Waals surface area (Å²) in [6.45, 7) is 0. The van der Waals surface area contributed by atoms with E-state index in [1.54, 1.807) is 0 Å². The Morgan fingerprint density at radius 3 is 2.20 bits per heavy atom. The fraction of sp³-hybridized carbons (Fsp3) is 1.00. The monoisotopic (exact) mass is 177 g/mol. The van der Waals surface area contributed by atoms with Crippen LogP contribution in [0.5, 0.6) is 0 Å². The van der Waals surface area contributed by atoms with Crippen LogP contribution in [-0.4, -0.2) is 29.0 Å². The second kappa shape index (κ2) is 1.47. The molecule has 1 nitrogen and oxygen atoms in total. The van der Waals surface area contributed by atoms with Crippen LogP contribution in [0.2, 0.25) is 0 Å². The van der Waals surface area contributed by atoms with E-state index in [0.29, 0.717) is 6.10 Å². The molecule has 0 saturated heterocycles. The van der Waals surface area contributed by atoms with Gasteiger partial charge in [-0.1, -0.05) is 0 Å². The van der Waals surface area contributed by atoms with E-state index in [0.717, 1.165) is 0 Å². The Morgan fingerprint density at radius 2 is 2.20 bits per heavy atom. The Labute approximate surface area is 45.3 Å². The van der Waals surface area contributed by atoms with E-state index in [4.69, 9.17) is 3.07 Å². The Kier molecular flexibility index (Phi) is 1.16. The van der Waals surface area contributed by atoms with Gasteiger partial charge in [-0.2, -0.15) is 0 Å². The molecule has 0 atom stereocenters. The normalized spacial score (nSPS) is 23.4. The second-order valence-electron chi connectivity index (χ2n) is 1.32. The van der Waals surface area contributed by atoms with Gasteiger partial charge in [-0.3, -0.25) is 0 Å². The minimum atomic E-state index is 0.674. The summed E-state index contributed by atoms with van der Waals surface area (Å²) < 4.78 is 4.95. The molecule has 3 radical (unpaired) electrons.